The monoisotopic (exact) mass is 252 g/mol. The summed E-state index contributed by atoms with van der Waals surface area (Å²) in [5.41, 5.74) is 1.53. The van der Waals surface area contributed by atoms with Crippen LogP contribution in [0, 0.1) is 5.92 Å². The van der Waals surface area contributed by atoms with E-state index in [4.69, 9.17) is 4.98 Å². The highest BCUT2D eigenvalue weighted by Gasteiger charge is 2.40. The lowest BCUT2D eigenvalue weighted by atomic mass is 9.98. The largest absolute Gasteiger partial charge is 0.314 e. The third-order valence-electron chi connectivity index (χ3n) is 3.25. The lowest BCUT2D eigenvalue weighted by Gasteiger charge is -2.13. The second-order valence-corrected chi connectivity index (χ2v) is 7.35. The summed E-state index contributed by atoms with van der Waals surface area (Å²) in [6, 6.07) is 0.594. The van der Waals surface area contributed by atoms with Crippen molar-refractivity contribution in [2.45, 2.75) is 58.4 Å². The van der Waals surface area contributed by atoms with E-state index in [0.717, 1.165) is 12.5 Å². The van der Waals surface area contributed by atoms with Crippen molar-refractivity contribution in [3.63, 3.8) is 0 Å². The van der Waals surface area contributed by atoms with Gasteiger partial charge >= 0.3 is 0 Å². The highest BCUT2D eigenvalue weighted by atomic mass is 32.1. The van der Waals surface area contributed by atoms with Gasteiger partial charge in [-0.15, -0.1) is 11.3 Å². The maximum Gasteiger partial charge on any atom is 0.0981 e. The number of hydrogen-bond donors (Lipinski definition) is 1. The fraction of sp³-hybridized carbons (Fsp3) is 0.786. The van der Waals surface area contributed by atoms with Crippen molar-refractivity contribution < 1.29 is 0 Å². The summed E-state index contributed by atoms with van der Waals surface area (Å²) in [5.74, 6) is 1.53. The number of nitrogens with zero attached hydrogens (tertiary/aromatic N) is 1. The van der Waals surface area contributed by atoms with Crippen LogP contribution in [-0.4, -0.2) is 17.6 Å². The highest BCUT2D eigenvalue weighted by Crippen LogP contribution is 2.47. The van der Waals surface area contributed by atoms with Crippen molar-refractivity contribution >= 4 is 11.3 Å². The molecule has 0 amide bonds. The first-order valence-corrected chi connectivity index (χ1v) is 7.45. The summed E-state index contributed by atoms with van der Waals surface area (Å²) in [4.78, 5) is 4.81. The number of hydrogen-bond acceptors (Lipinski definition) is 3. The van der Waals surface area contributed by atoms with Crippen molar-refractivity contribution in [1.29, 1.82) is 0 Å². The molecule has 1 aromatic heterocycles. The summed E-state index contributed by atoms with van der Waals surface area (Å²) < 4.78 is 0. The Balaban J connectivity index is 1.91. The molecule has 3 heteroatoms. The van der Waals surface area contributed by atoms with Gasteiger partial charge in [-0.1, -0.05) is 34.6 Å². The Morgan fingerprint density at radius 3 is 2.71 bits per heavy atom. The Bertz CT molecular complexity index is 376. The zero-order valence-corrected chi connectivity index (χ0v) is 12.4. The fourth-order valence-corrected chi connectivity index (χ4v) is 2.99. The standard InChI is InChI=1S/C14H24N2S/c1-9(2)15-7-10-6-11(10)12-8-17-13(16-12)14(3,4)5/h8-11,15H,6-7H2,1-5H3. The van der Waals surface area contributed by atoms with Crippen molar-refractivity contribution in [3.8, 4) is 0 Å². The molecule has 0 radical (unpaired) electrons. The molecule has 1 aromatic rings. The van der Waals surface area contributed by atoms with Gasteiger partial charge in [0, 0.05) is 22.8 Å². The van der Waals surface area contributed by atoms with Crippen LogP contribution >= 0.6 is 11.3 Å². The van der Waals surface area contributed by atoms with E-state index in [9.17, 15) is 0 Å². The minimum atomic E-state index is 0.198. The van der Waals surface area contributed by atoms with Crippen LogP contribution in [-0.2, 0) is 5.41 Å². The van der Waals surface area contributed by atoms with E-state index >= 15 is 0 Å². The Morgan fingerprint density at radius 2 is 2.18 bits per heavy atom. The zero-order valence-electron chi connectivity index (χ0n) is 11.6. The first-order chi connectivity index (χ1) is 7.88. The van der Waals surface area contributed by atoms with Crippen LogP contribution in [0.5, 0.6) is 0 Å². The zero-order chi connectivity index (χ0) is 12.6. The molecule has 17 heavy (non-hydrogen) atoms. The molecule has 1 heterocycles. The Kier molecular flexibility index (Phi) is 3.60. The molecule has 1 fully saturated rings. The van der Waals surface area contributed by atoms with Gasteiger partial charge in [0.15, 0.2) is 0 Å². The van der Waals surface area contributed by atoms with Crippen LogP contribution in [0.3, 0.4) is 0 Å². The van der Waals surface area contributed by atoms with Gasteiger partial charge in [0.2, 0.25) is 0 Å². The van der Waals surface area contributed by atoms with Crippen LogP contribution in [0.25, 0.3) is 0 Å². The first-order valence-electron chi connectivity index (χ1n) is 6.57. The van der Waals surface area contributed by atoms with Crippen molar-refractivity contribution in [3.05, 3.63) is 16.1 Å². The summed E-state index contributed by atoms with van der Waals surface area (Å²) in [6.07, 6.45) is 1.31. The molecule has 0 aromatic carbocycles. The summed E-state index contributed by atoms with van der Waals surface area (Å²) in [5, 5.41) is 7.06. The topological polar surface area (TPSA) is 24.9 Å². The highest BCUT2D eigenvalue weighted by molar-refractivity contribution is 7.09. The van der Waals surface area contributed by atoms with Gasteiger partial charge in [0.1, 0.15) is 0 Å². The second-order valence-electron chi connectivity index (χ2n) is 6.49. The van der Waals surface area contributed by atoms with E-state index in [1.165, 1.54) is 17.1 Å². The molecule has 2 nitrogen and oxygen atoms in total. The van der Waals surface area contributed by atoms with Gasteiger partial charge in [0.05, 0.1) is 10.7 Å². The molecule has 2 rings (SSSR count). The van der Waals surface area contributed by atoms with E-state index < -0.39 is 0 Å². The molecule has 2 atom stereocenters. The van der Waals surface area contributed by atoms with Crippen LogP contribution < -0.4 is 5.32 Å². The molecule has 1 aliphatic rings. The third kappa shape index (κ3) is 3.29. The van der Waals surface area contributed by atoms with E-state index in [2.05, 4.69) is 45.3 Å². The van der Waals surface area contributed by atoms with Gasteiger partial charge < -0.3 is 5.32 Å². The van der Waals surface area contributed by atoms with Crippen molar-refractivity contribution in [2.75, 3.05) is 6.54 Å². The first kappa shape index (κ1) is 13.0. The average Bonchev–Trinajstić information content (AvgIpc) is 2.79. The molecular weight excluding hydrogens is 228 g/mol. The van der Waals surface area contributed by atoms with E-state index in [1.807, 2.05) is 11.3 Å². The van der Waals surface area contributed by atoms with E-state index in [0.29, 0.717) is 12.0 Å². The molecule has 0 bridgehead atoms. The molecule has 1 saturated carbocycles. The van der Waals surface area contributed by atoms with Crippen LogP contribution in [0.4, 0.5) is 0 Å². The maximum absolute atomic E-state index is 4.81. The molecule has 1 N–H and O–H groups in total. The van der Waals surface area contributed by atoms with E-state index in [-0.39, 0.29) is 5.41 Å². The number of thiazole rings is 1. The van der Waals surface area contributed by atoms with Crippen LogP contribution in [0.15, 0.2) is 5.38 Å². The summed E-state index contributed by atoms with van der Waals surface area (Å²) in [7, 11) is 0. The number of nitrogens with one attached hydrogen (secondary N) is 1. The molecule has 96 valence electrons. The molecule has 1 aliphatic carbocycles. The molecule has 0 aliphatic heterocycles. The Hall–Kier alpha value is -0.410. The van der Waals surface area contributed by atoms with Gasteiger partial charge in [-0.05, 0) is 18.9 Å². The van der Waals surface area contributed by atoms with Crippen LogP contribution in [0.1, 0.15) is 57.7 Å². The minimum absolute atomic E-state index is 0.198. The second kappa shape index (κ2) is 4.69. The van der Waals surface area contributed by atoms with Crippen LogP contribution in [0.2, 0.25) is 0 Å². The van der Waals surface area contributed by atoms with Gasteiger partial charge in [-0.3, -0.25) is 0 Å². The molecule has 0 spiro atoms. The predicted octanol–water partition coefficient (Wildman–Crippen LogP) is 3.54. The Morgan fingerprint density at radius 1 is 1.47 bits per heavy atom. The number of rotatable bonds is 4. The number of aromatic nitrogens is 1. The minimum Gasteiger partial charge on any atom is -0.314 e. The van der Waals surface area contributed by atoms with Gasteiger partial charge in [-0.25, -0.2) is 4.98 Å². The van der Waals surface area contributed by atoms with E-state index in [1.54, 1.807) is 0 Å². The predicted molar refractivity (Wildman–Crippen MR) is 74.8 cm³/mol. The summed E-state index contributed by atoms with van der Waals surface area (Å²) in [6.45, 7) is 12.3. The lowest BCUT2D eigenvalue weighted by molar-refractivity contribution is 0.552. The quantitative estimate of drug-likeness (QED) is 0.886. The molecule has 2 unspecified atom stereocenters. The normalized spacial score (nSPS) is 24.4. The van der Waals surface area contributed by atoms with Gasteiger partial charge in [0.25, 0.3) is 0 Å². The average molecular weight is 252 g/mol. The Labute approximate surface area is 109 Å². The lowest BCUT2D eigenvalue weighted by Crippen LogP contribution is -2.25. The summed E-state index contributed by atoms with van der Waals surface area (Å²) >= 11 is 1.82. The third-order valence-corrected chi connectivity index (χ3v) is 4.54. The smallest absolute Gasteiger partial charge is 0.0981 e. The van der Waals surface area contributed by atoms with Gasteiger partial charge in [-0.2, -0.15) is 0 Å². The van der Waals surface area contributed by atoms with Crippen molar-refractivity contribution in [2.24, 2.45) is 5.92 Å². The molecular formula is C14H24N2S. The van der Waals surface area contributed by atoms with Crippen molar-refractivity contribution in [1.82, 2.24) is 10.3 Å². The maximum atomic E-state index is 4.81. The molecule has 0 saturated heterocycles. The fourth-order valence-electron chi connectivity index (χ4n) is 2.02. The SMILES string of the molecule is CC(C)NCC1CC1c1csc(C(C)(C)C)n1.